The Morgan fingerprint density at radius 2 is 1.96 bits per heavy atom. The summed E-state index contributed by atoms with van der Waals surface area (Å²) in [5, 5.41) is 10.2. The lowest BCUT2D eigenvalue weighted by Crippen LogP contribution is -2.28. The molecular weight excluding hydrogens is 338 g/mol. The minimum atomic E-state index is -0.774. The molecule has 2 N–H and O–H groups in total. The first-order valence-electron chi connectivity index (χ1n) is 9.64. The molecule has 2 aromatic carbocycles. The Bertz CT molecular complexity index is 967. The van der Waals surface area contributed by atoms with Gasteiger partial charge in [-0.05, 0) is 85.9 Å². The number of ether oxygens (including phenoxy) is 1. The fourth-order valence-corrected chi connectivity index (χ4v) is 4.01. The number of H-pyrrole nitrogens is 1. The van der Waals surface area contributed by atoms with Gasteiger partial charge >= 0.3 is 5.97 Å². The minimum absolute atomic E-state index is 0.116. The summed E-state index contributed by atoms with van der Waals surface area (Å²) in [4.78, 5) is 14.2. The van der Waals surface area contributed by atoms with Crippen LogP contribution in [0, 0.1) is 0 Å². The number of carbonyl (C=O) groups is 1. The van der Waals surface area contributed by atoms with Crippen molar-refractivity contribution in [2.24, 2.45) is 0 Å². The van der Waals surface area contributed by atoms with Crippen LogP contribution in [-0.2, 0) is 11.2 Å². The largest absolute Gasteiger partial charge is 0.487 e. The van der Waals surface area contributed by atoms with Crippen molar-refractivity contribution < 1.29 is 14.6 Å². The maximum Gasteiger partial charge on any atom is 0.303 e. The number of carboxylic acid groups (broad SMARTS) is 1. The summed E-state index contributed by atoms with van der Waals surface area (Å²) in [6.45, 7) is 2.19. The highest BCUT2D eigenvalue weighted by Gasteiger charge is 2.31. The van der Waals surface area contributed by atoms with E-state index in [9.17, 15) is 4.79 Å². The summed E-state index contributed by atoms with van der Waals surface area (Å²) in [7, 11) is 0. The highest BCUT2D eigenvalue weighted by atomic mass is 16.5. The molecule has 0 bridgehead atoms. The van der Waals surface area contributed by atoms with Crippen molar-refractivity contribution in [1.29, 1.82) is 0 Å². The number of carboxylic acids is 1. The second-order valence-corrected chi connectivity index (χ2v) is 7.76. The Kier molecular flexibility index (Phi) is 4.65. The van der Waals surface area contributed by atoms with Gasteiger partial charge in [-0.15, -0.1) is 0 Å². The van der Waals surface area contributed by atoms with Crippen LogP contribution < -0.4 is 4.74 Å². The van der Waals surface area contributed by atoms with Crippen molar-refractivity contribution in [3.05, 3.63) is 54.2 Å². The molecule has 1 heterocycles. The molecule has 0 unspecified atom stereocenters. The van der Waals surface area contributed by atoms with Crippen LogP contribution >= 0.6 is 0 Å². The standard InChI is InChI=1S/C23H25NO3/c1-23(11-2-3-12-23)27-21-8-4-16(5-9-22(25)26)14-19(21)17-6-7-20-18(15-17)10-13-24-20/h4,6-8,10,13-15,24H,2-3,5,9,11-12H2,1H3,(H,25,26). The lowest BCUT2D eigenvalue weighted by Gasteiger charge is -2.27. The molecule has 27 heavy (non-hydrogen) atoms. The number of aromatic nitrogens is 1. The molecule has 4 rings (SSSR count). The Hall–Kier alpha value is -2.75. The van der Waals surface area contributed by atoms with Gasteiger partial charge in [0.15, 0.2) is 0 Å². The number of hydrogen-bond donors (Lipinski definition) is 2. The predicted octanol–water partition coefficient (Wildman–Crippen LogP) is 5.56. The summed E-state index contributed by atoms with van der Waals surface area (Å²) in [5.41, 5.74) is 4.14. The highest BCUT2D eigenvalue weighted by Crippen LogP contribution is 2.39. The zero-order valence-electron chi connectivity index (χ0n) is 15.6. The van der Waals surface area contributed by atoms with Gasteiger partial charge in [0.05, 0.1) is 0 Å². The van der Waals surface area contributed by atoms with Gasteiger partial charge < -0.3 is 14.8 Å². The fourth-order valence-electron chi connectivity index (χ4n) is 4.01. The lowest BCUT2D eigenvalue weighted by molar-refractivity contribution is -0.136. The van der Waals surface area contributed by atoms with Crippen molar-refractivity contribution in [1.82, 2.24) is 4.98 Å². The third kappa shape index (κ3) is 3.85. The molecule has 1 saturated carbocycles. The van der Waals surface area contributed by atoms with E-state index in [2.05, 4.69) is 42.2 Å². The van der Waals surface area contributed by atoms with Gasteiger partial charge in [0, 0.05) is 23.7 Å². The van der Waals surface area contributed by atoms with Gasteiger partial charge in [-0.25, -0.2) is 0 Å². The summed E-state index contributed by atoms with van der Waals surface area (Å²) in [5.74, 6) is 0.109. The number of aryl methyl sites for hydroxylation is 1. The van der Waals surface area contributed by atoms with Gasteiger partial charge in [0.2, 0.25) is 0 Å². The van der Waals surface area contributed by atoms with Crippen LogP contribution in [0.4, 0.5) is 0 Å². The van der Waals surface area contributed by atoms with Crippen molar-refractivity contribution in [3.8, 4) is 16.9 Å². The Morgan fingerprint density at radius 3 is 2.74 bits per heavy atom. The van der Waals surface area contributed by atoms with Crippen LogP contribution in [-0.4, -0.2) is 21.7 Å². The molecule has 1 aliphatic carbocycles. The molecule has 0 atom stereocenters. The van der Waals surface area contributed by atoms with E-state index in [4.69, 9.17) is 9.84 Å². The first-order valence-corrected chi connectivity index (χ1v) is 9.64. The number of nitrogens with one attached hydrogen (secondary N) is 1. The van der Waals surface area contributed by atoms with Crippen molar-refractivity contribution in [2.45, 2.75) is 51.0 Å². The molecule has 0 saturated heterocycles. The number of hydrogen-bond acceptors (Lipinski definition) is 2. The summed E-state index contributed by atoms with van der Waals surface area (Å²) in [6.07, 6.45) is 7.15. The monoisotopic (exact) mass is 363 g/mol. The van der Waals surface area contributed by atoms with Gasteiger partial charge in [0.1, 0.15) is 11.4 Å². The van der Waals surface area contributed by atoms with E-state index in [1.807, 2.05) is 18.3 Å². The van der Waals surface area contributed by atoms with Crippen molar-refractivity contribution in [2.75, 3.05) is 0 Å². The van der Waals surface area contributed by atoms with Gasteiger partial charge in [0.25, 0.3) is 0 Å². The molecule has 0 radical (unpaired) electrons. The minimum Gasteiger partial charge on any atom is -0.487 e. The second kappa shape index (κ2) is 7.10. The van der Waals surface area contributed by atoms with E-state index in [0.717, 1.165) is 46.2 Å². The number of benzene rings is 2. The van der Waals surface area contributed by atoms with Gasteiger partial charge in [-0.2, -0.15) is 0 Å². The zero-order valence-corrected chi connectivity index (χ0v) is 15.6. The Morgan fingerprint density at radius 1 is 1.15 bits per heavy atom. The molecular formula is C23H25NO3. The average molecular weight is 363 g/mol. The molecule has 1 fully saturated rings. The maximum absolute atomic E-state index is 11.0. The molecule has 0 aliphatic heterocycles. The molecule has 0 spiro atoms. The van der Waals surface area contributed by atoms with Crippen molar-refractivity contribution >= 4 is 16.9 Å². The van der Waals surface area contributed by atoms with Crippen LogP contribution in [0.2, 0.25) is 0 Å². The lowest BCUT2D eigenvalue weighted by atomic mass is 9.98. The van der Waals surface area contributed by atoms with E-state index in [-0.39, 0.29) is 12.0 Å². The molecule has 3 aromatic rings. The quantitative estimate of drug-likeness (QED) is 0.602. The van der Waals surface area contributed by atoms with Crippen LogP contribution in [0.3, 0.4) is 0 Å². The van der Waals surface area contributed by atoms with E-state index in [1.54, 1.807) is 0 Å². The first kappa shape index (κ1) is 17.7. The van der Waals surface area contributed by atoms with E-state index in [0.29, 0.717) is 6.42 Å². The van der Waals surface area contributed by atoms with Gasteiger partial charge in [-0.1, -0.05) is 12.1 Å². The van der Waals surface area contributed by atoms with Crippen LogP contribution in [0.15, 0.2) is 48.7 Å². The molecule has 1 aromatic heterocycles. The molecule has 4 nitrogen and oxygen atoms in total. The number of aliphatic carboxylic acids is 1. The third-order valence-corrected chi connectivity index (χ3v) is 5.55. The van der Waals surface area contributed by atoms with Crippen molar-refractivity contribution in [3.63, 3.8) is 0 Å². The van der Waals surface area contributed by atoms with Crippen LogP contribution in [0.5, 0.6) is 5.75 Å². The maximum atomic E-state index is 11.0. The Balaban J connectivity index is 1.74. The Labute approximate surface area is 159 Å². The third-order valence-electron chi connectivity index (χ3n) is 5.55. The summed E-state index contributed by atoms with van der Waals surface area (Å²) in [6, 6.07) is 14.5. The molecule has 1 aliphatic rings. The smallest absolute Gasteiger partial charge is 0.303 e. The molecule has 0 amide bonds. The van der Waals surface area contributed by atoms with Crippen LogP contribution in [0.25, 0.3) is 22.0 Å². The first-order chi connectivity index (χ1) is 13.0. The molecule has 140 valence electrons. The van der Waals surface area contributed by atoms with Gasteiger partial charge in [-0.3, -0.25) is 4.79 Å². The SMILES string of the molecule is CC1(Oc2ccc(CCC(=O)O)cc2-c2ccc3[nH]ccc3c2)CCCC1. The topological polar surface area (TPSA) is 62.3 Å². The second-order valence-electron chi connectivity index (χ2n) is 7.76. The highest BCUT2D eigenvalue weighted by molar-refractivity contribution is 5.86. The van der Waals surface area contributed by atoms with E-state index < -0.39 is 5.97 Å². The normalized spacial score (nSPS) is 15.9. The fraction of sp³-hybridized carbons (Fsp3) is 0.348. The van der Waals surface area contributed by atoms with E-state index in [1.165, 1.54) is 12.8 Å². The zero-order chi connectivity index (χ0) is 18.9. The summed E-state index contributed by atoms with van der Waals surface area (Å²) >= 11 is 0. The van der Waals surface area contributed by atoms with E-state index >= 15 is 0 Å². The van der Waals surface area contributed by atoms with Crippen LogP contribution in [0.1, 0.15) is 44.6 Å². The number of aromatic amines is 1. The number of fused-ring (bicyclic) bond motifs is 1. The number of rotatable bonds is 6. The predicted molar refractivity (Wildman–Crippen MR) is 107 cm³/mol. The average Bonchev–Trinajstić information content (AvgIpc) is 3.29. The summed E-state index contributed by atoms with van der Waals surface area (Å²) < 4.78 is 6.50. The molecule has 4 heteroatoms.